The molecule has 1 N–H and O–H groups in total. The Bertz CT molecular complexity index is 143. The Kier molecular flexibility index (Phi) is 2.21. The molecule has 0 saturated heterocycles. The summed E-state index contributed by atoms with van der Waals surface area (Å²) < 4.78 is 4.00. The van der Waals surface area contributed by atoms with Gasteiger partial charge in [0.15, 0.2) is 13.2 Å². The van der Waals surface area contributed by atoms with Gasteiger partial charge in [-0.3, -0.25) is 0 Å². The van der Waals surface area contributed by atoms with Crippen LogP contribution in [-0.2, 0) is 14.1 Å². The monoisotopic (exact) mass is 114 g/mol. The summed E-state index contributed by atoms with van der Waals surface area (Å²) in [6.45, 7) is 0. The number of hydrogen-bond donors (Lipinski definition) is 0. The molecule has 8 heavy (non-hydrogen) atoms. The van der Waals surface area contributed by atoms with Gasteiger partial charge in [0.2, 0.25) is 0 Å². The van der Waals surface area contributed by atoms with Crippen molar-refractivity contribution in [2.45, 2.75) is 0 Å². The first kappa shape index (κ1) is 7.17. The van der Waals surface area contributed by atoms with Gasteiger partial charge in [-0.1, -0.05) is 0 Å². The standard InChI is InChI=1S/C5H9N2.H2O/c1-6-4-3-5-7(6)2;/h3-5H,1-2H3;1H2/q+1;/p-1. The minimum absolute atomic E-state index is 0. The highest BCUT2D eigenvalue weighted by molar-refractivity contribution is 4.69. The summed E-state index contributed by atoms with van der Waals surface area (Å²) in [6, 6.07) is 2.00. The van der Waals surface area contributed by atoms with Gasteiger partial charge in [-0.05, 0) is 0 Å². The van der Waals surface area contributed by atoms with E-state index < -0.39 is 0 Å². The Hall–Kier alpha value is -0.830. The summed E-state index contributed by atoms with van der Waals surface area (Å²) in [4.78, 5) is 0. The zero-order valence-electron chi connectivity index (χ0n) is 5.07. The van der Waals surface area contributed by atoms with Gasteiger partial charge in [0.25, 0.3) is 0 Å². The third-order valence-electron chi connectivity index (χ3n) is 1.10. The lowest BCUT2D eigenvalue weighted by Crippen LogP contribution is -2.35. The Morgan fingerprint density at radius 1 is 1.50 bits per heavy atom. The normalized spacial score (nSPS) is 8.25. The van der Waals surface area contributed by atoms with Gasteiger partial charge in [0.05, 0.1) is 13.2 Å². The van der Waals surface area contributed by atoms with Crippen molar-refractivity contribution < 1.29 is 10.2 Å². The molecule has 0 aliphatic rings. The summed E-state index contributed by atoms with van der Waals surface area (Å²) in [5.74, 6) is 0. The second-order valence-electron chi connectivity index (χ2n) is 1.64. The van der Waals surface area contributed by atoms with Crippen LogP contribution in [0.1, 0.15) is 0 Å². The smallest absolute Gasteiger partial charge is 0.195 e. The number of nitrogens with zero attached hydrogens (tertiary/aromatic N) is 2. The molecule has 0 aliphatic carbocycles. The SMILES string of the molecule is Cn1ccc[n+]1C.[OH-]. The Morgan fingerprint density at radius 2 is 2.12 bits per heavy atom. The quantitative estimate of drug-likeness (QED) is 0.426. The van der Waals surface area contributed by atoms with Gasteiger partial charge in [-0.2, -0.15) is 4.68 Å². The van der Waals surface area contributed by atoms with Gasteiger partial charge in [-0.15, -0.1) is 4.68 Å². The Morgan fingerprint density at radius 3 is 2.25 bits per heavy atom. The molecule has 1 aromatic heterocycles. The first-order valence-electron chi connectivity index (χ1n) is 2.28. The first-order valence-corrected chi connectivity index (χ1v) is 2.28. The van der Waals surface area contributed by atoms with E-state index in [1.54, 1.807) is 0 Å². The third kappa shape index (κ3) is 1.07. The molecule has 0 spiro atoms. The van der Waals surface area contributed by atoms with Crippen molar-refractivity contribution in [3.8, 4) is 0 Å². The molecular weight excluding hydrogens is 104 g/mol. The highest BCUT2D eigenvalue weighted by atomic mass is 16.0. The maximum Gasteiger partial charge on any atom is 0.195 e. The van der Waals surface area contributed by atoms with Crippen molar-refractivity contribution >= 4 is 0 Å². The predicted molar refractivity (Wildman–Crippen MR) is 28.5 cm³/mol. The maximum absolute atomic E-state index is 2.00. The first-order chi connectivity index (χ1) is 3.30. The minimum atomic E-state index is 0. The Labute approximate surface area is 48.5 Å². The topological polar surface area (TPSA) is 38.8 Å². The predicted octanol–water partition coefficient (Wildman–Crippen LogP) is -0.327. The average molecular weight is 114 g/mol. The minimum Gasteiger partial charge on any atom is -0.870 e. The highest BCUT2D eigenvalue weighted by Gasteiger charge is 1.89. The van der Waals surface area contributed by atoms with Crippen molar-refractivity contribution in [1.82, 2.24) is 4.68 Å². The third-order valence-corrected chi connectivity index (χ3v) is 1.10. The van der Waals surface area contributed by atoms with Crippen molar-refractivity contribution in [3.05, 3.63) is 18.5 Å². The van der Waals surface area contributed by atoms with E-state index in [2.05, 4.69) is 0 Å². The van der Waals surface area contributed by atoms with Crippen LogP contribution in [0.15, 0.2) is 18.5 Å². The van der Waals surface area contributed by atoms with E-state index >= 15 is 0 Å². The molecule has 0 bridgehead atoms. The van der Waals surface area contributed by atoms with Crippen LogP contribution in [0, 0.1) is 0 Å². The Balaban J connectivity index is 0.000000490. The number of hydrogen-bond acceptors (Lipinski definition) is 1. The molecule has 0 atom stereocenters. The number of aromatic nitrogens is 2. The fourth-order valence-corrected chi connectivity index (χ4v) is 0.498. The molecule has 0 saturated carbocycles. The second kappa shape index (κ2) is 2.47. The summed E-state index contributed by atoms with van der Waals surface area (Å²) in [5.41, 5.74) is 0. The molecule has 0 aromatic carbocycles. The van der Waals surface area contributed by atoms with Crippen LogP contribution in [-0.4, -0.2) is 10.2 Å². The number of aryl methyl sites for hydroxylation is 2. The molecular formula is C5H10N2O. The van der Waals surface area contributed by atoms with Crippen LogP contribution in [0.3, 0.4) is 0 Å². The summed E-state index contributed by atoms with van der Waals surface area (Å²) in [7, 11) is 4.00. The van der Waals surface area contributed by atoms with Gasteiger partial charge in [-0.25, -0.2) is 0 Å². The van der Waals surface area contributed by atoms with Gasteiger partial charge < -0.3 is 5.48 Å². The molecule has 3 nitrogen and oxygen atoms in total. The van der Waals surface area contributed by atoms with E-state index in [-0.39, 0.29) is 5.48 Å². The maximum atomic E-state index is 2.00. The molecule has 0 fully saturated rings. The highest BCUT2D eigenvalue weighted by Crippen LogP contribution is 1.70. The van der Waals surface area contributed by atoms with Gasteiger partial charge in [0.1, 0.15) is 0 Å². The van der Waals surface area contributed by atoms with Crippen molar-refractivity contribution in [2.75, 3.05) is 0 Å². The largest absolute Gasteiger partial charge is 0.870 e. The van der Waals surface area contributed by atoms with E-state index in [9.17, 15) is 0 Å². The lowest BCUT2D eigenvalue weighted by Gasteiger charge is -1.82. The van der Waals surface area contributed by atoms with Crippen LogP contribution in [0.4, 0.5) is 0 Å². The van der Waals surface area contributed by atoms with E-state index in [4.69, 9.17) is 0 Å². The van der Waals surface area contributed by atoms with E-state index in [1.165, 1.54) is 0 Å². The number of rotatable bonds is 0. The second-order valence-corrected chi connectivity index (χ2v) is 1.64. The molecule has 1 rings (SSSR count). The summed E-state index contributed by atoms with van der Waals surface area (Å²) in [5, 5.41) is 0. The lowest BCUT2D eigenvalue weighted by molar-refractivity contribution is -0.751. The van der Waals surface area contributed by atoms with Crippen molar-refractivity contribution in [2.24, 2.45) is 14.1 Å². The molecule has 46 valence electrons. The van der Waals surface area contributed by atoms with Crippen LogP contribution in [0.25, 0.3) is 0 Å². The van der Waals surface area contributed by atoms with Crippen molar-refractivity contribution in [1.29, 1.82) is 0 Å². The lowest BCUT2D eigenvalue weighted by atomic mass is 10.8. The summed E-state index contributed by atoms with van der Waals surface area (Å²) in [6.07, 6.45) is 4.00. The molecule has 0 amide bonds. The van der Waals surface area contributed by atoms with Crippen LogP contribution >= 0.6 is 0 Å². The average Bonchev–Trinajstić information content (AvgIpc) is 1.91. The zero-order valence-corrected chi connectivity index (χ0v) is 5.07. The zero-order chi connectivity index (χ0) is 5.28. The van der Waals surface area contributed by atoms with Crippen LogP contribution in [0.5, 0.6) is 0 Å². The fourth-order valence-electron chi connectivity index (χ4n) is 0.498. The molecule has 0 radical (unpaired) electrons. The van der Waals surface area contributed by atoms with Crippen LogP contribution in [0.2, 0.25) is 0 Å². The van der Waals surface area contributed by atoms with E-state index in [0.717, 1.165) is 0 Å². The molecule has 1 heterocycles. The fraction of sp³-hybridized carbons (Fsp3) is 0.400. The van der Waals surface area contributed by atoms with Crippen molar-refractivity contribution in [3.63, 3.8) is 0 Å². The molecule has 0 unspecified atom stereocenters. The molecule has 0 aliphatic heterocycles. The molecule has 1 aromatic rings. The van der Waals surface area contributed by atoms with Gasteiger partial charge >= 0.3 is 0 Å². The van der Waals surface area contributed by atoms with Crippen LogP contribution < -0.4 is 4.68 Å². The van der Waals surface area contributed by atoms with Gasteiger partial charge in [0, 0.05) is 6.07 Å². The van der Waals surface area contributed by atoms with E-state index in [0.29, 0.717) is 0 Å². The summed E-state index contributed by atoms with van der Waals surface area (Å²) >= 11 is 0. The van der Waals surface area contributed by atoms with E-state index in [1.807, 2.05) is 41.9 Å². The molecule has 3 heteroatoms.